The van der Waals surface area contributed by atoms with Crippen LogP contribution in [0.5, 0.6) is 0 Å². The zero-order chi connectivity index (χ0) is 15.5. The molecule has 0 atom stereocenters. The standard InChI is InChI=1S/C18H18ClNO2/c1-22-18(21)16-8-7-14-12-20(10-9-15(14)17(16)19)11-13-5-3-2-4-6-13/h2-8H,9-12H2,1H3. The van der Waals surface area contributed by atoms with Gasteiger partial charge in [-0.3, -0.25) is 4.90 Å². The lowest BCUT2D eigenvalue weighted by Gasteiger charge is -2.29. The maximum Gasteiger partial charge on any atom is 0.339 e. The van der Waals surface area contributed by atoms with Crippen molar-refractivity contribution in [3.63, 3.8) is 0 Å². The number of methoxy groups -OCH3 is 1. The summed E-state index contributed by atoms with van der Waals surface area (Å²) >= 11 is 6.39. The molecule has 3 rings (SSSR count). The lowest BCUT2D eigenvalue weighted by Crippen LogP contribution is -2.30. The quantitative estimate of drug-likeness (QED) is 0.809. The molecule has 22 heavy (non-hydrogen) atoms. The van der Waals surface area contributed by atoms with Crippen molar-refractivity contribution in [1.29, 1.82) is 0 Å². The number of fused-ring (bicyclic) bond motifs is 1. The van der Waals surface area contributed by atoms with Crippen molar-refractivity contribution in [2.45, 2.75) is 19.5 Å². The molecule has 2 aromatic rings. The molecule has 0 saturated carbocycles. The van der Waals surface area contributed by atoms with Crippen LogP contribution in [0, 0.1) is 0 Å². The number of ether oxygens (including phenoxy) is 1. The highest BCUT2D eigenvalue weighted by Crippen LogP contribution is 2.30. The molecular weight excluding hydrogens is 298 g/mol. The molecule has 1 aliphatic rings. The van der Waals surface area contributed by atoms with E-state index in [4.69, 9.17) is 16.3 Å². The Hall–Kier alpha value is -1.84. The lowest BCUT2D eigenvalue weighted by molar-refractivity contribution is 0.0600. The summed E-state index contributed by atoms with van der Waals surface area (Å²) in [6.07, 6.45) is 0.853. The van der Waals surface area contributed by atoms with E-state index < -0.39 is 0 Å². The minimum atomic E-state index is -0.375. The Bertz CT molecular complexity index is 685. The van der Waals surface area contributed by atoms with Gasteiger partial charge in [-0.05, 0) is 29.2 Å². The van der Waals surface area contributed by atoms with E-state index in [0.29, 0.717) is 10.6 Å². The number of hydrogen-bond donors (Lipinski definition) is 0. The smallest absolute Gasteiger partial charge is 0.339 e. The summed E-state index contributed by atoms with van der Waals surface area (Å²) < 4.78 is 4.77. The average molecular weight is 316 g/mol. The van der Waals surface area contributed by atoms with Crippen molar-refractivity contribution >= 4 is 17.6 Å². The number of benzene rings is 2. The summed E-state index contributed by atoms with van der Waals surface area (Å²) in [5, 5.41) is 0.545. The fourth-order valence-electron chi connectivity index (χ4n) is 2.91. The van der Waals surface area contributed by atoms with Crippen LogP contribution in [0.1, 0.15) is 27.0 Å². The van der Waals surface area contributed by atoms with Crippen molar-refractivity contribution in [3.05, 3.63) is 69.7 Å². The molecule has 0 saturated heterocycles. The molecule has 4 heteroatoms. The number of halogens is 1. The van der Waals surface area contributed by atoms with Crippen molar-refractivity contribution in [2.75, 3.05) is 13.7 Å². The molecule has 0 spiro atoms. The van der Waals surface area contributed by atoms with E-state index in [1.807, 2.05) is 12.1 Å². The van der Waals surface area contributed by atoms with Gasteiger partial charge in [0.15, 0.2) is 0 Å². The van der Waals surface area contributed by atoms with E-state index in [9.17, 15) is 4.79 Å². The topological polar surface area (TPSA) is 29.5 Å². The molecule has 2 aromatic carbocycles. The van der Waals surface area contributed by atoms with E-state index in [0.717, 1.165) is 31.6 Å². The van der Waals surface area contributed by atoms with E-state index in [-0.39, 0.29) is 5.97 Å². The second kappa shape index (κ2) is 6.51. The Morgan fingerprint density at radius 3 is 2.73 bits per heavy atom. The maximum absolute atomic E-state index is 11.7. The fourth-order valence-corrected chi connectivity index (χ4v) is 3.27. The van der Waals surface area contributed by atoms with Gasteiger partial charge in [0.1, 0.15) is 0 Å². The summed E-state index contributed by atoms with van der Waals surface area (Å²) in [5.41, 5.74) is 4.04. The van der Waals surface area contributed by atoms with Crippen LogP contribution >= 0.6 is 11.6 Å². The van der Waals surface area contributed by atoms with Crippen molar-refractivity contribution in [2.24, 2.45) is 0 Å². The first-order chi connectivity index (χ1) is 10.7. The highest BCUT2D eigenvalue weighted by atomic mass is 35.5. The zero-order valence-electron chi connectivity index (χ0n) is 12.5. The molecule has 0 fully saturated rings. The van der Waals surface area contributed by atoms with E-state index >= 15 is 0 Å². The predicted octanol–water partition coefficient (Wildman–Crippen LogP) is 3.68. The van der Waals surface area contributed by atoms with Crippen molar-refractivity contribution in [3.8, 4) is 0 Å². The Kier molecular flexibility index (Phi) is 4.46. The fraction of sp³-hybridized carbons (Fsp3) is 0.278. The molecule has 0 amide bonds. The van der Waals surface area contributed by atoms with Crippen LogP contribution < -0.4 is 0 Å². The molecule has 1 heterocycles. The zero-order valence-corrected chi connectivity index (χ0v) is 13.3. The Labute approximate surface area is 135 Å². The van der Waals surface area contributed by atoms with Gasteiger partial charge in [0.25, 0.3) is 0 Å². The number of esters is 1. The third-order valence-electron chi connectivity index (χ3n) is 4.07. The van der Waals surface area contributed by atoms with Crippen LogP contribution in [0.15, 0.2) is 42.5 Å². The van der Waals surface area contributed by atoms with E-state index in [2.05, 4.69) is 29.2 Å². The molecule has 3 nitrogen and oxygen atoms in total. The SMILES string of the molecule is COC(=O)c1ccc2c(c1Cl)CCN(Cc1ccccc1)C2. The molecule has 1 aliphatic heterocycles. The number of hydrogen-bond acceptors (Lipinski definition) is 3. The monoisotopic (exact) mass is 315 g/mol. The molecule has 114 valence electrons. The van der Waals surface area contributed by atoms with E-state index in [1.165, 1.54) is 18.2 Å². The van der Waals surface area contributed by atoms with Gasteiger partial charge >= 0.3 is 5.97 Å². The minimum Gasteiger partial charge on any atom is -0.465 e. The largest absolute Gasteiger partial charge is 0.465 e. The number of carbonyl (C=O) groups is 1. The van der Waals surface area contributed by atoms with Crippen LogP contribution in [0.2, 0.25) is 5.02 Å². The van der Waals surface area contributed by atoms with Crippen LogP contribution in [0.4, 0.5) is 0 Å². The molecule has 0 unspecified atom stereocenters. The van der Waals surface area contributed by atoms with Gasteiger partial charge in [-0.1, -0.05) is 48.0 Å². The van der Waals surface area contributed by atoms with Crippen LogP contribution in [0.3, 0.4) is 0 Å². The summed E-state index contributed by atoms with van der Waals surface area (Å²) in [6, 6.07) is 14.2. The van der Waals surface area contributed by atoms with Crippen molar-refractivity contribution in [1.82, 2.24) is 4.90 Å². The maximum atomic E-state index is 11.7. The first-order valence-electron chi connectivity index (χ1n) is 7.34. The number of carbonyl (C=O) groups excluding carboxylic acids is 1. The van der Waals surface area contributed by atoms with Crippen molar-refractivity contribution < 1.29 is 9.53 Å². The number of nitrogens with zero attached hydrogens (tertiary/aromatic N) is 1. The van der Waals surface area contributed by atoms with Gasteiger partial charge in [-0.15, -0.1) is 0 Å². The molecule has 0 aliphatic carbocycles. The van der Waals surface area contributed by atoms with Gasteiger partial charge in [0.05, 0.1) is 17.7 Å². The van der Waals surface area contributed by atoms with Gasteiger partial charge in [-0.25, -0.2) is 4.79 Å². The van der Waals surface area contributed by atoms with Gasteiger partial charge in [-0.2, -0.15) is 0 Å². The third kappa shape index (κ3) is 3.01. The van der Waals surface area contributed by atoms with Gasteiger partial charge < -0.3 is 4.74 Å². The molecule has 0 aromatic heterocycles. The molecular formula is C18H18ClNO2. The van der Waals surface area contributed by atoms with Gasteiger partial charge in [0, 0.05) is 19.6 Å². The summed E-state index contributed by atoms with van der Waals surface area (Å²) in [6.45, 7) is 2.72. The second-order valence-electron chi connectivity index (χ2n) is 5.50. The molecule has 0 N–H and O–H groups in total. The minimum absolute atomic E-state index is 0.375. The average Bonchev–Trinajstić information content (AvgIpc) is 2.55. The summed E-state index contributed by atoms with van der Waals surface area (Å²) in [5.74, 6) is -0.375. The van der Waals surface area contributed by atoms with Crippen LogP contribution in [0.25, 0.3) is 0 Å². The van der Waals surface area contributed by atoms with Gasteiger partial charge in [0.2, 0.25) is 0 Å². The molecule has 0 radical (unpaired) electrons. The first-order valence-corrected chi connectivity index (χ1v) is 7.71. The third-order valence-corrected chi connectivity index (χ3v) is 4.50. The normalized spacial score (nSPS) is 14.5. The number of rotatable bonds is 3. The predicted molar refractivity (Wildman–Crippen MR) is 87.1 cm³/mol. The lowest BCUT2D eigenvalue weighted by atomic mass is 9.96. The highest BCUT2D eigenvalue weighted by Gasteiger charge is 2.22. The Morgan fingerprint density at radius 1 is 1.23 bits per heavy atom. The van der Waals surface area contributed by atoms with Crippen LogP contribution in [-0.4, -0.2) is 24.5 Å². The molecule has 0 bridgehead atoms. The first kappa shape index (κ1) is 15.1. The summed E-state index contributed by atoms with van der Waals surface area (Å²) in [4.78, 5) is 14.1. The van der Waals surface area contributed by atoms with Crippen LogP contribution in [-0.2, 0) is 24.2 Å². The van der Waals surface area contributed by atoms with E-state index in [1.54, 1.807) is 6.07 Å². The Balaban J connectivity index is 1.79. The second-order valence-corrected chi connectivity index (χ2v) is 5.88. The summed E-state index contributed by atoms with van der Waals surface area (Å²) in [7, 11) is 1.37. The Morgan fingerprint density at radius 2 is 2.00 bits per heavy atom. The highest BCUT2D eigenvalue weighted by molar-refractivity contribution is 6.34.